The lowest BCUT2D eigenvalue weighted by molar-refractivity contribution is -0.152. The molecule has 0 aliphatic carbocycles. The SMILES string of the molecule is CC(=O)NCc1ccc(C(=O)C(C)OC(=O)C2CCN(C(=O)c3ccc(F)cc3F)CC2)s1. The van der Waals surface area contributed by atoms with Crippen LogP contribution < -0.4 is 5.32 Å². The molecule has 1 saturated heterocycles. The van der Waals surface area contributed by atoms with Gasteiger partial charge in [0.25, 0.3) is 5.91 Å². The van der Waals surface area contributed by atoms with Gasteiger partial charge in [-0.25, -0.2) is 8.78 Å². The molecular weight excluding hydrogens is 454 g/mol. The molecule has 0 bridgehead atoms. The second-order valence-corrected chi connectivity index (χ2v) is 8.98. The molecule has 1 aromatic heterocycles. The number of nitrogens with zero attached hydrogens (tertiary/aromatic N) is 1. The lowest BCUT2D eigenvalue weighted by atomic mass is 9.96. The molecule has 0 saturated carbocycles. The van der Waals surface area contributed by atoms with Crippen molar-refractivity contribution in [2.75, 3.05) is 13.1 Å². The molecule has 33 heavy (non-hydrogen) atoms. The third-order valence-electron chi connectivity index (χ3n) is 5.36. The molecule has 2 aromatic rings. The van der Waals surface area contributed by atoms with E-state index in [0.717, 1.165) is 17.0 Å². The molecule has 10 heteroatoms. The molecule has 1 fully saturated rings. The zero-order valence-electron chi connectivity index (χ0n) is 18.2. The molecule has 0 radical (unpaired) electrons. The van der Waals surface area contributed by atoms with Crippen LogP contribution in [0.4, 0.5) is 8.78 Å². The summed E-state index contributed by atoms with van der Waals surface area (Å²) >= 11 is 1.22. The Morgan fingerprint density at radius 1 is 1.15 bits per heavy atom. The number of ether oxygens (including phenoxy) is 1. The minimum absolute atomic E-state index is 0.172. The molecule has 2 heterocycles. The first-order valence-electron chi connectivity index (χ1n) is 10.5. The van der Waals surface area contributed by atoms with Crippen LogP contribution in [0.25, 0.3) is 0 Å². The summed E-state index contributed by atoms with van der Waals surface area (Å²) < 4.78 is 32.3. The van der Waals surface area contributed by atoms with Crippen LogP contribution in [0.1, 0.15) is 51.6 Å². The maximum atomic E-state index is 13.9. The number of likely N-dealkylation sites (tertiary alicyclic amines) is 1. The fourth-order valence-electron chi connectivity index (χ4n) is 3.49. The van der Waals surface area contributed by atoms with E-state index in [1.807, 2.05) is 0 Å². The first-order chi connectivity index (χ1) is 15.7. The summed E-state index contributed by atoms with van der Waals surface area (Å²) in [7, 11) is 0. The normalized spacial score (nSPS) is 15.1. The van der Waals surface area contributed by atoms with Crippen LogP contribution in [0.15, 0.2) is 30.3 Å². The average molecular weight is 479 g/mol. The second kappa shape index (κ2) is 10.7. The molecule has 1 aromatic carbocycles. The first kappa shape index (κ1) is 24.5. The van der Waals surface area contributed by atoms with Crippen molar-refractivity contribution in [3.05, 3.63) is 57.3 Å². The quantitative estimate of drug-likeness (QED) is 0.487. The number of halogens is 2. The number of nitrogens with one attached hydrogen (secondary N) is 1. The van der Waals surface area contributed by atoms with Gasteiger partial charge in [-0.3, -0.25) is 19.2 Å². The highest BCUT2D eigenvalue weighted by molar-refractivity contribution is 7.14. The highest BCUT2D eigenvalue weighted by atomic mass is 32.1. The van der Waals surface area contributed by atoms with Crippen molar-refractivity contribution >= 4 is 34.9 Å². The minimum Gasteiger partial charge on any atom is -0.454 e. The van der Waals surface area contributed by atoms with Crippen LogP contribution in [-0.2, 0) is 20.9 Å². The number of piperidine rings is 1. The number of ketones is 1. The molecule has 1 unspecified atom stereocenters. The summed E-state index contributed by atoms with van der Waals surface area (Å²) in [5.74, 6) is -3.76. The fraction of sp³-hybridized carbons (Fsp3) is 0.391. The van der Waals surface area contributed by atoms with E-state index in [1.54, 1.807) is 12.1 Å². The summed E-state index contributed by atoms with van der Waals surface area (Å²) in [5.41, 5.74) is -0.217. The molecule has 1 atom stereocenters. The molecule has 2 amide bonds. The number of benzene rings is 1. The van der Waals surface area contributed by atoms with E-state index < -0.39 is 35.5 Å². The Bertz CT molecular complexity index is 1060. The molecule has 1 aliphatic rings. The van der Waals surface area contributed by atoms with Gasteiger partial charge >= 0.3 is 5.97 Å². The summed E-state index contributed by atoms with van der Waals surface area (Å²) in [6.07, 6.45) is -0.347. The predicted molar refractivity (Wildman–Crippen MR) is 117 cm³/mol. The monoisotopic (exact) mass is 478 g/mol. The number of esters is 1. The Hall–Kier alpha value is -3.14. The number of hydrogen-bond acceptors (Lipinski definition) is 6. The number of carbonyl (C=O) groups excluding carboxylic acids is 4. The Labute approximate surface area is 193 Å². The second-order valence-electron chi connectivity index (χ2n) is 7.81. The fourth-order valence-corrected chi connectivity index (χ4v) is 4.46. The van der Waals surface area contributed by atoms with E-state index in [-0.39, 0.29) is 30.3 Å². The van der Waals surface area contributed by atoms with Gasteiger partial charge in [-0.05, 0) is 44.0 Å². The number of carbonyl (C=O) groups is 4. The van der Waals surface area contributed by atoms with Crippen molar-refractivity contribution in [1.29, 1.82) is 0 Å². The Morgan fingerprint density at radius 3 is 2.48 bits per heavy atom. The molecule has 1 N–H and O–H groups in total. The van der Waals surface area contributed by atoms with Crippen LogP contribution in [0, 0.1) is 17.6 Å². The third-order valence-corrected chi connectivity index (χ3v) is 6.46. The Balaban J connectivity index is 1.50. The van der Waals surface area contributed by atoms with E-state index >= 15 is 0 Å². The Kier molecular flexibility index (Phi) is 7.91. The number of amides is 2. The van der Waals surface area contributed by atoms with E-state index in [4.69, 9.17) is 4.74 Å². The van der Waals surface area contributed by atoms with E-state index in [9.17, 15) is 28.0 Å². The molecule has 1 aliphatic heterocycles. The maximum absolute atomic E-state index is 13.9. The average Bonchev–Trinajstić information content (AvgIpc) is 3.26. The Morgan fingerprint density at radius 2 is 1.85 bits per heavy atom. The summed E-state index contributed by atoms with van der Waals surface area (Å²) in [6.45, 7) is 3.66. The van der Waals surface area contributed by atoms with E-state index in [1.165, 1.54) is 30.1 Å². The molecule has 0 spiro atoms. The molecule has 176 valence electrons. The summed E-state index contributed by atoms with van der Waals surface area (Å²) in [6, 6.07) is 6.15. The van der Waals surface area contributed by atoms with E-state index in [2.05, 4.69) is 5.32 Å². The lowest BCUT2D eigenvalue weighted by Crippen LogP contribution is -2.41. The van der Waals surface area contributed by atoms with Gasteiger partial charge in [0, 0.05) is 31.0 Å². The number of thiophene rings is 1. The smallest absolute Gasteiger partial charge is 0.309 e. The van der Waals surface area contributed by atoms with Crippen molar-refractivity contribution in [3.8, 4) is 0 Å². The maximum Gasteiger partial charge on any atom is 0.309 e. The summed E-state index contributed by atoms with van der Waals surface area (Å²) in [5, 5.41) is 2.66. The van der Waals surface area contributed by atoms with Gasteiger partial charge in [0.1, 0.15) is 11.6 Å². The molecule has 7 nitrogen and oxygen atoms in total. The van der Waals surface area contributed by atoms with Gasteiger partial charge in [0.2, 0.25) is 11.7 Å². The highest BCUT2D eigenvalue weighted by Gasteiger charge is 2.32. The topological polar surface area (TPSA) is 92.8 Å². The van der Waals surface area contributed by atoms with Crippen LogP contribution in [0.2, 0.25) is 0 Å². The van der Waals surface area contributed by atoms with Gasteiger partial charge < -0.3 is 15.0 Å². The van der Waals surface area contributed by atoms with Crippen molar-refractivity contribution in [1.82, 2.24) is 10.2 Å². The molecular formula is C23H24F2N2O5S. The summed E-state index contributed by atoms with van der Waals surface area (Å²) in [4.78, 5) is 51.3. The van der Waals surface area contributed by atoms with Gasteiger partial charge in [-0.2, -0.15) is 0 Å². The first-order valence-corrected chi connectivity index (χ1v) is 11.3. The van der Waals surface area contributed by atoms with Crippen LogP contribution >= 0.6 is 11.3 Å². The van der Waals surface area contributed by atoms with Crippen molar-refractivity contribution < 1.29 is 32.7 Å². The van der Waals surface area contributed by atoms with E-state index in [0.29, 0.717) is 30.3 Å². The van der Waals surface area contributed by atoms with Gasteiger partial charge in [0.15, 0.2) is 6.10 Å². The van der Waals surface area contributed by atoms with Crippen molar-refractivity contribution in [3.63, 3.8) is 0 Å². The number of hydrogen-bond donors (Lipinski definition) is 1. The van der Waals surface area contributed by atoms with Gasteiger partial charge in [0.05, 0.1) is 22.9 Å². The number of Topliss-reactive ketones (excluding diaryl/α,β-unsaturated/α-hetero) is 1. The zero-order chi connectivity index (χ0) is 24.1. The van der Waals surface area contributed by atoms with Crippen LogP contribution in [-0.4, -0.2) is 47.7 Å². The third kappa shape index (κ3) is 6.22. The molecule has 3 rings (SSSR count). The van der Waals surface area contributed by atoms with Crippen molar-refractivity contribution in [2.24, 2.45) is 5.92 Å². The largest absolute Gasteiger partial charge is 0.454 e. The van der Waals surface area contributed by atoms with Crippen LogP contribution in [0.3, 0.4) is 0 Å². The van der Waals surface area contributed by atoms with Gasteiger partial charge in [-0.1, -0.05) is 0 Å². The van der Waals surface area contributed by atoms with Crippen molar-refractivity contribution in [2.45, 2.75) is 39.3 Å². The standard InChI is InChI=1S/C23H24F2N2O5S/c1-13(21(29)20-6-4-17(33-20)12-26-14(2)28)32-23(31)15-7-9-27(10-8-15)22(30)18-5-3-16(24)11-19(18)25/h3-6,11,13,15H,7-10,12H2,1-2H3,(H,26,28). The van der Waals surface area contributed by atoms with Crippen LogP contribution in [0.5, 0.6) is 0 Å². The predicted octanol–water partition coefficient (Wildman–Crippen LogP) is 3.33. The number of rotatable bonds is 7. The lowest BCUT2D eigenvalue weighted by Gasteiger charge is -2.31. The zero-order valence-corrected chi connectivity index (χ0v) is 19.0. The minimum atomic E-state index is -0.974. The highest BCUT2D eigenvalue weighted by Crippen LogP contribution is 2.24. The van der Waals surface area contributed by atoms with Gasteiger partial charge in [-0.15, -0.1) is 11.3 Å².